The first-order valence-corrected chi connectivity index (χ1v) is 7.46. The molecular formula is C15H29N3O. The topological polar surface area (TPSA) is 39.1 Å². The van der Waals surface area contributed by atoms with Gasteiger partial charge in [-0.25, -0.2) is 0 Å². The van der Waals surface area contributed by atoms with E-state index in [1.54, 1.807) is 0 Å². The SMILES string of the molecule is CCC(C)=N/C=C(\CC)CN1CCN(CCO)CC1. The molecule has 0 amide bonds. The number of nitrogens with zero attached hydrogens (tertiary/aromatic N) is 3. The number of rotatable bonds is 7. The van der Waals surface area contributed by atoms with Gasteiger partial charge in [-0.3, -0.25) is 14.8 Å². The van der Waals surface area contributed by atoms with Crippen molar-refractivity contribution in [3.63, 3.8) is 0 Å². The smallest absolute Gasteiger partial charge is 0.0558 e. The highest BCUT2D eigenvalue weighted by molar-refractivity contribution is 5.82. The third kappa shape index (κ3) is 6.32. The Kier molecular flexibility index (Phi) is 7.94. The Morgan fingerprint density at radius 2 is 1.74 bits per heavy atom. The van der Waals surface area contributed by atoms with E-state index in [0.29, 0.717) is 0 Å². The lowest BCUT2D eigenvalue weighted by molar-refractivity contribution is 0.118. The molecule has 1 aliphatic heterocycles. The van der Waals surface area contributed by atoms with Crippen molar-refractivity contribution in [3.8, 4) is 0 Å². The fourth-order valence-electron chi connectivity index (χ4n) is 2.14. The second-order valence-corrected chi connectivity index (χ2v) is 5.20. The first-order valence-electron chi connectivity index (χ1n) is 7.46. The van der Waals surface area contributed by atoms with Crippen LogP contribution >= 0.6 is 0 Å². The minimum Gasteiger partial charge on any atom is -0.395 e. The number of hydrogen-bond acceptors (Lipinski definition) is 4. The van der Waals surface area contributed by atoms with Gasteiger partial charge < -0.3 is 5.11 Å². The zero-order chi connectivity index (χ0) is 14.1. The van der Waals surface area contributed by atoms with Gasteiger partial charge in [0.2, 0.25) is 0 Å². The molecule has 4 heteroatoms. The maximum absolute atomic E-state index is 8.93. The van der Waals surface area contributed by atoms with E-state index in [9.17, 15) is 0 Å². The molecule has 110 valence electrons. The third-order valence-electron chi connectivity index (χ3n) is 3.74. The Labute approximate surface area is 117 Å². The molecule has 0 spiro atoms. The molecule has 0 unspecified atom stereocenters. The molecule has 0 aromatic carbocycles. The van der Waals surface area contributed by atoms with Gasteiger partial charge in [-0.05, 0) is 25.3 Å². The molecule has 0 aromatic heterocycles. The van der Waals surface area contributed by atoms with Crippen LogP contribution in [0.25, 0.3) is 0 Å². The number of β-amino-alcohol motifs (C(OH)–C–C–N with tert-alkyl or cyclic N) is 1. The molecule has 0 aliphatic carbocycles. The molecule has 1 N–H and O–H groups in total. The van der Waals surface area contributed by atoms with Crippen molar-refractivity contribution < 1.29 is 5.11 Å². The van der Waals surface area contributed by atoms with E-state index < -0.39 is 0 Å². The molecule has 0 radical (unpaired) electrons. The summed E-state index contributed by atoms with van der Waals surface area (Å²) in [5, 5.41) is 8.93. The minimum atomic E-state index is 0.269. The Bertz CT molecular complexity index is 305. The Hall–Kier alpha value is -0.710. The van der Waals surface area contributed by atoms with Gasteiger partial charge in [-0.1, -0.05) is 13.8 Å². The van der Waals surface area contributed by atoms with Crippen molar-refractivity contribution in [2.45, 2.75) is 33.6 Å². The van der Waals surface area contributed by atoms with Crippen LogP contribution in [0.2, 0.25) is 0 Å². The van der Waals surface area contributed by atoms with Crippen LogP contribution in [0.1, 0.15) is 33.6 Å². The summed E-state index contributed by atoms with van der Waals surface area (Å²) in [7, 11) is 0. The predicted molar refractivity (Wildman–Crippen MR) is 81.7 cm³/mol. The standard InChI is InChI=1S/C15H29N3O/c1-4-14(3)16-12-15(5-2)13-18-8-6-17(7-9-18)10-11-19/h12,19H,4-11,13H2,1-3H3/b15-12+,16-14?. The van der Waals surface area contributed by atoms with Crippen molar-refractivity contribution in [1.82, 2.24) is 9.80 Å². The maximum atomic E-state index is 8.93. The van der Waals surface area contributed by atoms with Crippen LogP contribution in [0.3, 0.4) is 0 Å². The quantitative estimate of drug-likeness (QED) is 0.714. The van der Waals surface area contributed by atoms with Gasteiger partial charge >= 0.3 is 0 Å². The summed E-state index contributed by atoms with van der Waals surface area (Å²) < 4.78 is 0. The number of piperazine rings is 1. The number of hydrogen-bond donors (Lipinski definition) is 1. The minimum absolute atomic E-state index is 0.269. The average molecular weight is 267 g/mol. The largest absolute Gasteiger partial charge is 0.395 e. The first kappa shape index (κ1) is 16.3. The molecular weight excluding hydrogens is 238 g/mol. The second-order valence-electron chi connectivity index (χ2n) is 5.20. The molecule has 4 nitrogen and oxygen atoms in total. The Morgan fingerprint density at radius 3 is 2.26 bits per heavy atom. The molecule has 0 saturated carbocycles. The van der Waals surface area contributed by atoms with Crippen molar-refractivity contribution in [2.75, 3.05) is 45.9 Å². The number of aliphatic hydroxyl groups is 1. The fraction of sp³-hybridized carbons (Fsp3) is 0.800. The molecule has 0 bridgehead atoms. The van der Waals surface area contributed by atoms with Gasteiger partial charge in [0.25, 0.3) is 0 Å². The summed E-state index contributed by atoms with van der Waals surface area (Å²) in [4.78, 5) is 9.32. The number of aliphatic imine (C=N–C) groups is 1. The monoisotopic (exact) mass is 267 g/mol. The van der Waals surface area contributed by atoms with Gasteiger partial charge in [-0.15, -0.1) is 0 Å². The molecule has 0 atom stereocenters. The van der Waals surface area contributed by atoms with Gasteiger partial charge in [0.05, 0.1) is 6.61 Å². The van der Waals surface area contributed by atoms with Crippen LogP contribution in [0.5, 0.6) is 0 Å². The van der Waals surface area contributed by atoms with Crippen LogP contribution in [0.15, 0.2) is 16.8 Å². The second kappa shape index (κ2) is 9.23. The van der Waals surface area contributed by atoms with E-state index in [1.165, 1.54) is 11.3 Å². The van der Waals surface area contributed by atoms with Crippen LogP contribution in [-0.2, 0) is 0 Å². The molecule has 1 fully saturated rings. The lowest BCUT2D eigenvalue weighted by Gasteiger charge is -2.34. The normalized spacial score (nSPS) is 20.0. The van der Waals surface area contributed by atoms with Crippen LogP contribution in [-0.4, -0.2) is 66.5 Å². The third-order valence-corrected chi connectivity index (χ3v) is 3.74. The Balaban J connectivity index is 2.41. The lowest BCUT2D eigenvalue weighted by atomic mass is 10.2. The van der Waals surface area contributed by atoms with E-state index >= 15 is 0 Å². The van der Waals surface area contributed by atoms with Crippen LogP contribution in [0.4, 0.5) is 0 Å². The molecule has 19 heavy (non-hydrogen) atoms. The fourth-order valence-corrected chi connectivity index (χ4v) is 2.14. The summed E-state index contributed by atoms with van der Waals surface area (Å²) in [5.41, 5.74) is 2.60. The lowest BCUT2D eigenvalue weighted by Crippen LogP contribution is -2.47. The van der Waals surface area contributed by atoms with Crippen molar-refractivity contribution in [1.29, 1.82) is 0 Å². The molecule has 1 heterocycles. The van der Waals surface area contributed by atoms with Crippen LogP contribution < -0.4 is 0 Å². The molecule has 0 aromatic rings. The zero-order valence-electron chi connectivity index (χ0n) is 12.7. The summed E-state index contributed by atoms with van der Waals surface area (Å²) in [6.07, 6.45) is 4.14. The van der Waals surface area contributed by atoms with Crippen molar-refractivity contribution >= 4 is 5.71 Å². The summed E-state index contributed by atoms with van der Waals surface area (Å²) in [6, 6.07) is 0. The highest BCUT2D eigenvalue weighted by Crippen LogP contribution is 2.08. The van der Waals surface area contributed by atoms with Gasteiger partial charge in [0, 0.05) is 51.2 Å². The van der Waals surface area contributed by atoms with Crippen LogP contribution in [0, 0.1) is 0 Å². The van der Waals surface area contributed by atoms with Crippen molar-refractivity contribution in [2.24, 2.45) is 4.99 Å². The highest BCUT2D eigenvalue weighted by Gasteiger charge is 2.16. The zero-order valence-corrected chi connectivity index (χ0v) is 12.7. The predicted octanol–water partition coefficient (Wildman–Crippen LogP) is 1.76. The molecule has 1 saturated heterocycles. The first-order chi connectivity index (χ1) is 9.19. The van der Waals surface area contributed by atoms with E-state index in [2.05, 4.69) is 41.8 Å². The van der Waals surface area contributed by atoms with Gasteiger partial charge in [0.1, 0.15) is 0 Å². The van der Waals surface area contributed by atoms with Crippen molar-refractivity contribution in [3.05, 3.63) is 11.8 Å². The molecule has 1 aliphatic rings. The van der Waals surface area contributed by atoms with E-state index in [0.717, 1.165) is 52.1 Å². The number of aliphatic hydroxyl groups excluding tert-OH is 1. The van der Waals surface area contributed by atoms with Gasteiger partial charge in [-0.2, -0.15) is 0 Å². The average Bonchev–Trinajstić information content (AvgIpc) is 2.45. The Morgan fingerprint density at radius 1 is 1.11 bits per heavy atom. The van der Waals surface area contributed by atoms with E-state index in [-0.39, 0.29) is 6.61 Å². The summed E-state index contributed by atoms with van der Waals surface area (Å²) >= 11 is 0. The molecule has 1 rings (SSSR count). The van der Waals surface area contributed by atoms with E-state index in [4.69, 9.17) is 5.11 Å². The maximum Gasteiger partial charge on any atom is 0.0558 e. The van der Waals surface area contributed by atoms with E-state index in [1.807, 2.05) is 0 Å². The van der Waals surface area contributed by atoms with Gasteiger partial charge in [0.15, 0.2) is 0 Å². The highest BCUT2D eigenvalue weighted by atomic mass is 16.3. The summed E-state index contributed by atoms with van der Waals surface area (Å²) in [5.74, 6) is 0. The summed E-state index contributed by atoms with van der Waals surface area (Å²) in [6.45, 7) is 12.8.